The molecule has 30 heavy (non-hydrogen) atoms. The number of nitrogens with zero attached hydrogens (tertiary/aromatic N) is 2. The number of guanidine groups is 1. The van der Waals surface area contributed by atoms with E-state index in [1.54, 1.807) is 19.1 Å². The highest BCUT2D eigenvalue weighted by Gasteiger charge is 2.26. The van der Waals surface area contributed by atoms with Gasteiger partial charge in [-0.05, 0) is 37.2 Å². The van der Waals surface area contributed by atoms with Crippen molar-refractivity contribution >= 4 is 27.4 Å². The molecule has 11 nitrogen and oxygen atoms in total. The summed E-state index contributed by atoms with van der Waals surface area (Å²) in [5, 5.41) is 5.82. The normalized spacial score (nSPS) is 11.0. The van der Waals surface area contributed by atoms with E-state index in [0.717, 1.165) is 10.1 Å². The topological polar surface area (TPSA) is 185 Å². The summed E-state index contributed by atoms with van der Waals surface area (Å²) in [5.41, 5.74) is 16.2. The summed E-state index contributed by atoms with van der Waals surface area (Å²) < 4.78 is 27.0. The number of benzene rings is 1. The lowest BCUT2D eigenvalue weighted by Gasteiger charge is -2.14. The number of sulfone groups is 1. The van der Waals surface area contributed by atoms with Crippen LogP contribution in [0.15, 0.2) is 50.1 Å². The Bertz CT molecular complexity index is 1120. The minimum Gasteiger partial charge on any atom is -0.397 e. The lowest BCUT2D eigenvalue weighted by Crippen LogP contribution is -2.37. The predicted molar refractivity (Wildman–Crippen MR) is 111 cm³/mol. The second-order valence-electron chi connectivity index (χ2n) is 6.48. The molecule has 12 heteroatoms. The molecule has 7 N–H and O–H groups in total. The van der Waals surface area contributed by atoms with Crippen molar-refractivity contribution in [3.8, 4) is 0 Å². The molecule has 0 aliphatic rings. The summed E-state index contributed by atoms with van der Waals surface area (Å²) in [5.74, 6) is -0.787. The van der Waals surface area contributed by atoms with Crippen molar-refractivity contribution in [2.75, 3.05) is 18.9 Å². The van der Waals surface area contributed by atoms with E-state index >= 15 is 0 Å². The van der Waals surface area contributed by atoms with Gasteiger partial charge in [0.05, 0.1) is 17.1 Å². The molecule has 0 atom stereocenters. The fourth-order valence-electron chi connectivity index (χ4n) is 2.63. The molecule has 0 saturated carbocycles. The van der Waals surface area contributed by atoms with Crippen LogP contribution in [0, 0.1) is 13.8 Å². The van der Waals surface area contributed by atoms with Crippen LogP contribution < -0.4 is 28.1 Å². The number of nitrogens with two attached hydrogens (primary N) is 3. The molecule has 1 heterocycles. The van der Waals surface area contributed by atoms with Crippen LogP contribution in [0.2, 0.25) is 0 Å². The number of hydrogen-bond acceptors (Lipinski definition) is 7. The molecule has 2 rings (SSSR count). The first-order chi connectivity index (χ1) is 14.0. The number of pyridine rings is 1. The van der Waals surface area contributed by atoms with Gasteiger partial charge in [-0.25, -0.2) is 8.42 Å². The van der Waals surface area contributed by atoms with Crippen molar-refractivity contribution in [3.05, 3.63) is 51.9 Å². The maximum Gasteiger partial charge on any atom is 0.272 e. The number of rotatable bonds is 8. The zero-order valence-electron chi connectivity index (χ0n) is 16.6. The molecule has 0 spiro atoms. The van der Waals surface area contributed by atoms with Gasteiger partial charge in [0, 0.05) is 5.69 Å². The van der Waals surface area contributed by atoms with Gasteiger partial charge in [0.25, 0.3) is 5.56 Å². The number of aromatic nitrogens is 1. The zero-order valence-corrected chi connectivity index (χ0v) is 17.4. The van der Waals surface area contributed by atoms with E-state index in [-0.39, 0.29) is 29.7 Å². The van der Waals surface area contributed by atoms with Crippen LogP contribution in [0.4, 0.5) is 5.69 Å². The quantitative estimate of drug-likeness (QED) is 0.179. The summed E-state index contributed by atoms with van der Waals surface area (Å²) in [6.07, 6.45) is 0. The Hall–Kier alpha value is -3.54. The predicted octanol–water partition coefficient (Wildman–Crippen LogP) is -0.799. The van der Waals surface area contributed by atoms with Crippen molar-refractivity contribution in [3.63, 3.8) is 0 Å². The maximum absolute atomic E-state index is 13.0. The molecular weight excluding hydrogens is 412 g/mol. The van der Waals surface area contributed by atoms with Crippen molar-refractivity contribution < 1.29 is 18.0 Å². The first kappa shape index (κ1) is 22.7. The van der Waals surface area contributed by atoms with Gasteiger partial charge >= 0.3 is 0 Å². The van der Waals surface area contributed by atoms with Gasteiger partial charge in [0.1, 0.15) is 13.2 Å². The average molecular weight is 436 g/mol. The summed E-state index contributed by atoms with van der Waals surface area (Å²) in [6.45, 7) is 3.04. The van der Waals surface area contributed by atoms with Crippen molar-refractivity contribution in [2.45, 2.75) is 30.2 Å². The molecule has 0 fully saturated rings. The third kappa shape index (κ3) is 5.29. The lowest BCUT2D eigenvalue weighted by atomic mass is 10.2. The van der Waals surface area contributed by atoms with Crippen LogP contribution in [0.25, 0.3) is 0 Å². The minimum atomic E-state index is -4.17. The number of carbonyl (C=O) groups excluding carboxylic acids is 1. The third-order valence-electron chi connectivity index (χ3n) is 4.08. The molecule has 0 saturated heterocycles. The Morgan fingerprint density at radius 1 is 1.20 bits per heavy atom. The highest BCUT2D eigenvalue weighted by Crippen LogP contribution is 2.24. The minimum absolute atomic E-state index is 0.00626. The molecule has 0 aliphatic carbocycles. The molecule has 162 valence electrons. The van der Waals surface area contributed by atoms with Crippen molar-refractivity contribution in [1.82, 2.24) is 9.88 Å². The van der Waals surface area contributed by atoms with Crippen LogP contribution in [-0.2, 0) is 26.0 Å². The summed E-state index contributed by atoms with van der Waals surface area (Å²) in [7, 11) is -4.17. The second kappa shape index (κ2) is 9.31. The first-order valence-electron chi connectivity index (χ1n) is 8.83. The fourth-order valence-corrected chi connectivity index (χ4v) is 4.07. The maximum atomic E-state index is 13.0. The van der Waals surface area contributed by atoms with Crippen LogP contribution >= 0.6 is 0 Å². The molecule has 1 amide bonds. The van der Waals surface area contributed by atoms with Gasteiger partial charge < -0.3 is 31.9 Å². The lowest BCUT2D eigenvalue weighted by molar-refractivity contribution is -0.122. The molecule has 2 aromatic rings. The van der Waals surface area contributed by atoms with Crippen LogP contribution in [-0.4, -0.2) is 38.0 Å². The van der Waals surface area contributed by atoms with Crippen molar-refractivity contribution in [1.29, 1.82) is 0 Å². The Labute approximate surface area is 173 Å². The van der Waals surface area contributed by atoms with Gasteiger partial charge in [-0.3, -0.25) is 9.59 Å². The first-order valence-corrected chi connectivity index (χ1v) is 10.3. The molecule has 0 aliphatic heterocycles. The zero-order chi connectivity index (χ0) is 22.5. The van der Waals surface area contributed by atoms with Crippen molar-refractivity contribution in [2.24, 2.45) is 16.6 Å². The molecule has 1 aromatic carbocycles. The second-order valence-corrected chi connectivity index (χ2v) is 8.36. The Balaban J connectivity index is 2.29. The third-order valence-corrected chi connectivity index (χ3v) is 5.92. The standard InChI is InChI=1S/C18H24N6O5S/c1-11-3-5-13(6-4-11)30(27,28)16-14(19)9-12(2)24(17(16)26)10-15(25)22-7-8-29-23-18(20)21/h3-6,9H,7-8,10,19H2,1-2H3,(H,22,25)(H4,20,21,23). The Kier molecular flexibility index (Phi) is 7.06. The van der Waals surface area contributed by atoms with Gasteiger partial charge in [0.2, 0.25) is 21.7 Å². The number of nitrogens with one attached hydrogen (secondary N) is 1. The van der Waals surface area contributed by atoms with E-state index in [9.17, 15) is 18.0 Å². The molecule has 1 aromatic heterocycles. The monoisotopic (exact) mass is 436 g/mol. The van der Waals surface area contributed by atoms with E-state index in [1.807, 2.05) is 6.92 Å². The smallest absolute Gasteiger partial charge is 0.272 e. The molecule has 0 radical (unpaired) electrons. The summed E-state index contributed by atoms with van der Waals surface area (Å²) in [4.78, 5) is 29.2. The van der Waals surface area contributed by atoms with E-state index in [0.29, 0.717) is 5.69 Å². The number of nitrogen functional groups attached to an aromatic ring is 1. The fraction of sp³-hybridized carbons (Fsp3) is 0.278. The molecule has 0 bridgehead atoms. The van der Waals surface area contributed by atoms with E-state index in [2.05, 4.69) is 10.5 Å². The highest BCUT2D eigenvalue weighted by molar-refractivity contribution is 7.91. The number of hydrogen-bond donors (Lipinski definition) is 4. The van der Waals surface area contributed by atoms with Gasteiger partial charge in [-0.2, -0.15) is 0 Å². The van der Waals surface area contributed by atoms with Crippen LogP contribution in [0.5, 0.6) is 0 Å². The van der Waals surface area contributed by atoms with Gasteiger partial charge in [-0.15, -0.1) is 0 Å². The average Bonchev–Trinajstić information content (AvgIpc) is 2.64. The highest BCUT2D eigenvalue weighted by atomic mass is 32.2. The summed E-state index contributed by atoms with van der Waals surface area (Å²) in [6, 6.07) is 7.38. The molecular formula is C18H24N6O5S. The Morgan fingerprint density at radius 3 is 2.43 bits per heavy atom. The van der Waals surface area contributed by atoms with E-state index in [4.69, 9.17) is 22.0 Å². The SMILES string of the molecule is Cc1ccc(S(=O)(=O)c2c(N)cc(C)n(CC(=O)NCCON=C(N)N)c2=O)cc1. The number of anilines is 1. The largest absolute Gasteiger partial charge is 0.397 e. The molecule has 0 unspecified atom stereocenters. The number of aryl methyl sites for hydroxylation is 2. The number of amides is 1. The van der Waals surface area contributed by atoms with Crippen LogP contribution in [0.3, 0.4) is 0 Å². The van der Waals surface area contributed by atoms with E-state index < -0.39 is 32.7 Å². The van der Waals surface area contributed by atoms with E-state index in [1.165, 1.54) is 18.2 Å². The number of carbonyl (C=O) groups is 1. The summed E-state index contributed by atoms with van der Waals surface area (Å²) >= 11 is 0. The Morgan fingerprint density at radius 2 is 1.83 bits per heavy atom. The van der Waals surface area contributed by atoms with Gasteiger partial charge in [-0.1, -0.05) is 17.7 Å². The van der Waals surface area contributed by atoms with Gasteiger partial charge in [0.15, 0.2) is 4.90 Å². The number of oxime groups is 1. The van der Waals surface area contributed by atoms with Crippen LogP contribution in [0.1, 0.15) is 11.3 Å².